The van der Waals surface area contributed by atoms with E-state index in [1.165, 1.54) is 12.1 Å². The van der Waals surface area contributed by atoms with Gasteiger partial charge in [0, 0.05) is 12.0 Å². The summed E-state index contributed by atoms with van der Waals surface area (Å²) in [5, 5.41) is 4.08. The third-order valence-corrected chi connectivity index (χ3v) is 4.48. The summed E-state index contributed by atoms with van der Waals surface area (Å²) in [6, 6.07) is 3.36. The topological polar surface area (TPSA) is 52.0 Å². The largest absolute Gasteiger partial charge is 0.367 e. The van der Waals surface area contributed by atoms with Crippen LogP contribution in [-0.4, -0.2) is 5.16 Å². The molecule has 5 heteroatoms. The number of rotatable bonds is 2. The first-order chi connectivity index (χ1) is 9.88. The summed E-state index contributed by atoms with van der Waals surface area (Å²) in [5.74, 6) is -0.984. The quantitative estimate of drug-likeness (QED) is 0.887. The van der Waals surface area contributed by atoms with Crippen molar-refractivity contribution in [3.8, 4) is 11.1 Å². The molecule has 1 atom stereocenters. The van der Waals surface area contributed by atoms with Gasteiger partial charge in [0.25, 0.3) is 0 Å². The van der Waals surface area contributed by atoms with Crippen LogP contribution in [0.15, 0.2) is 22.7 Å². The minimum Gasteiger partial charge on any atom is -0.367 e. The highest BCUT2D eigenvalue weighted by atomic mass is 19.1. The summed E-state index contributed by atoms with van der Waals surface area (Å²) in [6.07, 6.45) is 3.16. The fourth-order valence-corrected chi connectivity index (χ4v) is 3.38. The van der Waals surface area contributed by atoms with Gasteiger partial charge in [-0.25, -0.2) is 8.78 Å². The Morgan fingerprint density at radius 1 is 1.24 bits per heavy atom. The number of nitrogens with two attached hydrogens (primary N) is 1. The van der Waals surface area contributed by atoms with Crippen LogP contribution < -0.4 is 5.73 Å². The van der Waals surface area contributed by atoms with E-state index in [0.29, 0.717) is 16.8 Å². The maximum absolute atomic E-state index is 13.5. The van der Waals surface area contributed by atoms with Crippen molar-refractivity contribution in [3.63, 3.8) is 0 Å². The Bertz CT molecular complexity index is 659. The van der Waals surface area contributed by atoms with Gasteiger partial charge in [0.2, 0.25) is 5.88 Å². The Morgan fingerprint density at radius 3 is 2.48 bits per heavy atom. The summed E-state index contributed by atoms with van der Waals surface area (Å²) >= 11 is 0. The van der Waals surface area contributed by atoms with Gasteiger partial charge in [-0.2, -0.15) is 0 Å². The van der Waals surface area contributed by atoms with Gasteiger partial charge in [0.05, 0.1) is 11.3 Å². The zero-order valence-corrected chi connectivity index (χ0v) is 12.1. The van der Waals surface area contributed by atoms with E-state index in [9.17, 15) is 8.78 Å². The van der Waals surface area contributed by atoms with Crippen molar-refractivity contribution in [2.45, 2.75) is 39.0 Å². The van der Waals surface area contributed by atoms with Gasteiger partial charge in [-0.3, -0.25) is 0 Å². The normalized spacial score (nSPS) is 20.9. The van der Waals surface area contributed by atoms with Gasteiger partial charge in [0.15, 0.2) is 0 Å². The van der Waals surface area contributed by atoms with Crippen molar-refractivity contribution in [2.75, 3.05) is 5.73 Å². The van der Waals surface area contributed by atoms with E-state index < -0.39 is 11.6 Å². The minimum atomic E-state index is -0.637. The Labute approximate surface area is 122 Å². The van der Waals surface area contributed by atoms with Crippen LogP contribution in [0, 0.1) is 17.0 Å². The van der Waals surface area contributed by atoms with Gasteiger partial charge in [-0.1, -0.05) is 25.4 Å². The Hall–Kier alpha value is -1.91. The first-order valence-corrected chi connectivity index (χ1v) is 7.10. The summed E-state index contributed by atoms with van der Waals surface area (Å²) in [6.45, 7) is 4.34. The van der Waals surface area contributed by atoms with Crippen molar-refractivity contribution < 1.29 is 13.3 Å². The molecule has 0 aliphatic heterocycles. The summed E-state index contributed by atoms with van der Waals surface area (Å²) in [4.78, 5) is 0. The monoisotopic (exact) mass is 292 g/mol. The molecule has 1 unspecified atom stereocenters. The number of nitrogens with zero attached hydrogens (tertiary/aromatic N) is 1. The molecule has 3 rings (SSSR count). The maximum Gasteiger partial charge on any atom is 0.230 e. The molecule has 3 nitrogen and oxygen atoms in total. The van der Waals surface area contributed by atoms with Crippen molar-refractivity contribution in [3.05, 3.63) is 35.5 Å². The predicted octanol–water partition coefficient (Wildman–Crippen LogP) is 4.50. The molecule has 1 heterocycles. The number of halogens is 2. The first kappa shape index (κ1) is 14.0. The smallest absolute Gasteiger partial charge is 0.230 e. The maximum atomic E-state index is 13.5. The summed E-state index contributed by atoms with van der Waals surface area (Å²) in [7, 11) is 0. The Kier molecular flexibility index (Phi) is 3.23. The fourth-order valence-electron chi connectivity index (χ4n) is 3.38. The van der Waals surface area contributed by atoms with Crippen LogP contribution in [-0.2, 0) is 0 Å². The van der Waals surface area contributed by atoms with E-state index in [0.717, 1.165) is 25.3 Å². The second kappa shape index (κ2) is 4.83. The van der Waals surface area contributed by atoms with Crippen molar-refractivity contribution >= 4 is 5.88 Å². The van der Waals surface area contributed by atoms with Crippen LogP contribution in [0.1, 0.15) is 44.7 Å². The van der Waals surface area contributed by atoms with Crippen LogP contribution in [0.2, 0.25) is 0 Å². The second-order valence-corrected chi connectivity index (χ2v) is 6.40. The zero-order chi connectivity index (χ0) is 15.2. The summed E-state index contributed by atoms with van der Waals surface area (Å²) < 4.78 is 32.1. The zero-order valence-electron chi connectivity index (χ0n) is 12.1. The predicted molar refractivity (Wildman–Crippen MR) is 76.6 cm³/mol. The number of benzene rings is 1. The first-order valence-electron chi connectivity index (χ1n) is 7.10. The third-order valence-electron chi connectivity index (χ3n) is 4.48. The van der Waals surface area contributed by atoms with Gasteiger partial charge in [-0.15, -0.1) is 0 Å². The van der Waals surface area contributed by atoms with E-state index in [2.05, 4.69) is 19.0 Å². The number of hydrogen-bond donors (Lipinski definition) is 1. The average Bonchev–Trinajstić information content (AvgIpc) is 2.90. The molecule has 1 aromatic heterocycles. The molecule has 2 N–H and O–H groups in total. The lowest BCUT2D eigenvalue weighted by Gasteiger charge is -2.25. The standard InChI is InChI=1S/C16H18F2N2O/c1-16(2)5-3-4-12(16)14-13(15(19)21-20-14)9-6-10(17)8-11(18)7-9/h6-8,12H,3-5,19H2,1-2H3. The summed E-state index contributed by atoms with van der Waals surface area (Å²) in [5.41, 5.74) is 7.54. The Balaban J connectivity index is 2.13. The fraction of sp³-hybridized carbons (Fsp3) is 0.438. The van der Waals surface area contributed by atoms with Crippen LogP contribution in [0.3, 0.4) is 0 Å². The number of hydrogen-bond acceptors (Lipinski definition) is 3. The van der Waals surface area contributed by atoms with E-state index in [1.54, 1.807) is 0 Å². The molecule has 0 saturated heterocycles. The van der Waals surface area contributed by atoms with E-state index in [-0.39, 0.29) is 17.2 Å². The van der Waals surface area contributed by atoms with Crippen LogP contribution >= 0.6 is 0 Å². The highest BCUT2D eigenvalue weighted by molar-refractivity contribution is 5.75. The minimum absolute atomic E-state index is 0.0733. The molecule has 1 aliphatic carbocycles. The highest BCUT2D eigenvalue weighted by Crippen LogP contribution is 2.51. The third kappa shape index (κ3) is 2.41. The molecular weight excluding hydrogens is 274 g/mol. The number of anilines is 1. The van der Waals surface area contributed by atoms with Crippen molar-refractivity contribution in [2.24, 2.45) is 5.41 Å². The van der Waals surface area contributed by atoms with E-state index in [1.807, 2.05) is 0 Å². The van der Waals surface area contributed by atoms with Gasteiger partial charge >= 0.3 is 0 Å². The molecule has 0 bridgehead atoms. The lowest BCUT2D eigenvalue weighted by Crippen LogP contribution is -2.16. The number of aromatic nitrogens is 1. The highest BCUT2D eigenvalue weighted by Gasteiger charge is 2.39. The molecule has 0 radical (unpaired) electrons. The van der Waals surface area contributed by atoms with Crippen molar-refractivity contribution in [1.29, 1.82) is 0 Å². The van der Waals surface area contributed by atoms with Crippen LogP contribution in [0.4, 0.5) is 14.7 Å². The molecule has 1 fully saturated rings. The molecule has 1 saturated carbocycles. The molecule has 1 aliphatic rings. The van der Waals surface area contributed by atoms with Crippen molar-refractivity contribution in [1.82, 2.24) is 5.16 Å². The molecule has 0 spiro atoms. The molecule has 21 heavy (non-hydrogen) atoms. The van der Waals surface area contributed by atoms with E-state index >= 15 is 0 Å². The van der Waals surface area contributed by atoms with Gasteiger partial charge in [-0.05, 0) is 36.0 Å². The van der Waals surface area contributed by atoms with E-state index in [4.69, 9.17) is 10.3 Å². The molecule has 112 valence electrons. The molecule has 0 amide bonds. The van der Waals surface area contributed by atoms with Gasteiger partial charge < -0.3 is 10.3 Å². The average molecular weight is 292 g/mol. The van der Waals surface area contributed by atoms with Crippen LogP contribution in [0.5, 0.6) is 0 Å². The molecule has 2 aromatic rings. The lowest BCUT2D eigenvalue weighted by atomic mass is 9.78. The Morgan fingerprint density at radius 2 is 1.90 bits per heavy atom. The molecular formula is C16H18F2N2O. The lowest BCUT2D eigenvalue weighted by molar-refractivity contribution is 0.314. The second-order valence-electron chi connectivity index (χ2n) is 6.40. The van der Waals surface area contributed by atoms with Crippen LogP contribution in [0.25, 0.3) is 11.1 Å². The van der Waals surface area contributed by atoms with Gasteiger partial charge in [0.1, 0.15) is 11.6 Å². The number of nitrogen functional groups attached to an aromatic ring is 1. The SMILES string of the molecule is CC1(C)CCCC1c1noc(N)c1-c1cc(F)cc(F)c1. The molecule has 1 aromatic carbocycles.